The van der Waals surface area contributed by atoms with E-state index in [1.165, 1.54) is 62.4 Å². The van der Waals surface area contributed by atoms with E-state index in [1.807, 2.05) is 0 Å². The molecule has 4 fully saturated rings. The second-order valence-electron chi connectivity index (χ2n) is 14.6. The van der Waals surface area contributed by atoms with Gasteiger partial charge in [0, 0.05) is 31.8 Å². The number of aryl methyl sites for hydroxylation is 1. The van der Waals surface area contributed by atoms with Gasteiger partial charge < -0.3 is 14.7 Å². The van der Waals surface area contributed by atoms with Gasteiger partial charge in [0.1, 0.15) is 35.9 Å². The van der Waals surface area contributed by atoms with Crippen LogP contribution in [0.2, 0.25) is 0 Å². The third-order valence-corrected chi connectivity index (χ3v) is 12.3. The predicted octanol–water partition coefficient (Wildman–Crippen LogP) is 1.60. The Hall–Kier alpha value is -5.63. The van der Waals surface area contributed by atoms with Crippen LogP contribution < -0.4 is 24.8 Å². The number of anilines is 1. The molecule has 4 amide bonds. The van der Waals surface area contributed by atoms with Gasteiger partial charge >= 0.3 is 15.9 Å². The zero-order valence-corrected chi connectivity index (χ0v) is 30.7. The molecular weight excluding hydrogens is 763 g/mol. The Morgan fingerprint density at radius 1 is 1.00 bits per heavy atom. The summed E-state index contributed by atoms with van der Waals surface area (Å²) in [5.41, 5.74) is -0.100. The third kappa shape index (κ3) is 6.49. The van der Waals surface area contributed by atoms with Gasteiger partial charge in [-0.1, -0.05) is 12.1 Å². The molecule has 0 spiro atoms. The van der Waals surface area contributed by atoms with Gasteiger partial charge in [-0.2, -0.15) is 8.42 Å². The molecule has 3 N–H and O–H groups in total. The number of rotatable bonds is 7. The Morgan fingerprint density at radius 3 is 2.50 bits per heavy atom. The van der Waals surface area contributed by atoms with Crippen molar-refractivity contribution >= 4 is 61.3 Å². The molecular formula is C36H36F3N7O9S. The van der Waals surface area contributed by atoms with Crippen LogP contribution in [0.3, 0.4) is 0 Å². The zero-order valence-electron chi connectivity index (χ0n) is 29.8. The number of nitrogens with one attached hydrogen (secondary N) is 2. The van der Waals surface area contributed by atoms with Crippen LogP contribution in [-0.4, -0.2) is 107 Å². The van der Waals surface area contributed by atoms with Crippen LogP contribution >= 0.6 is 0 Å². The highest BCUT2D eigenvalue weighted by Gasteiger charge is 2.46. The lowest BCUT2D eigenvalue weighted by Crippen LogP contribution is -2.50. The normalized spacial score (nSPS) is 23.9. The number of fused-ring (bicyclic) bond motifs is 2. The van der Waals surface area contributed by atoms with E-state index in [1.54, 1.807) is 10.8 Å². The quantitative estimate of drug-likeness (QED) is 0.232. The van der Waals surface area contributed by atoms with Crippen molar-refractivity contribution in [2.24, 2.45) is 7.05 Å². The molecule has 3 atom stereocenters. The number of benzene rings is 3. The van der Waals surface area contributed by atoms with E-state index in [9.17, 15) is 37.5 Å². The minimum atomic E-state index is -4.40. The Balaban J connectivity index is 0.906. The van der Waals surface area contributed by atoms with E-state index in [2.05, 4.69) is 5.32 Å². The molecule has 8 rings (SSSR count). The number of nitrogens with zero attached hydrogens (tertiary/aromatic N) is 5. The standard InChI is InChI=1S/C36H36F3N7O9S/c1-42-27-12-20(3-5-25(27)46(35(42)52)26-6-7-29(48)40-34(26)51)24-9-10-43(18-36(24,38)39)17-31(50)44-11-8-22(15-44)55-21-4-2-19-13-28(47)33(32(37)23(19)14-21)45-16-30(49)41-56(45,53)54/h2-5,12-14,22,24,26,47H,6-11,15-18H2,1H3,(H,41,49)(H,40,48,51)/t22-,24?,26?/m0/s1. The van der Waals surface area contributed by atoms with Crippen molar-refractivity contribution in [2.75, 3.05) is 43.6 Å². The van der Waals surface area contributed by atoms with Crippen molar-refractivity contribution in [3.63, 3.8) is 0 Å². The summed E-state index contributed by atoms with van der Waals surface area (Å²) < 4.78 is 82.8. The first-order valence-corrected chi connectivity index (χ1v) is 19.3. The van der Waals surface area contributed by atoms with Gasteiger partial charge in [0.25, 0.3) is 11.8 Å². The minimum Gasteiger partial charge on any atom is -0.506 e. The predicted molar refractivity (Wildman–Crippen MR) is 193 cm³/mol. The van der Waals surface area contributed by atoms with Crippen molar-refractivity contribution in [3.8, 4) is 11.5 Å². The summed E-state index contributed by atoms with van der Waals surface area (Å²) in [7, 11) is -2.91. The van der Waals surface area contributed by atoms with Gasteiger partial charge in [0.05, 0.1) is 36.6 Å². The number of piperidine rings is 2. The summed E-state index contributed by atoms with van der Waals surface area (Å²) in [5.74, 6) is -8.23. The Bertz CT molecular complexity index is 2520. The Kier molecular flexibility index (Phi) is 9.02. The first-order chi connectivity index (χ1) is 26.5. The molecule has 296 valence electrons. The molecule has 16 nitrogen and oxygen atoms in total. The highest BCUT2D eigenvalue weighted by molar-refractivity contribution is 7.92. The average molecular weight is 800 g/mol. The number of imidazole rings is 1. The van der Waals surface area contributed by atoms with Crippen LogP contribution in [0.25, 0.3) is 21.8 Å². The number of imide groups is 1. The van der Waals surface area contributed by atoms with Gasteiger partial charge in [-0.05, 0) is 60.7 Å². The summed E-state index contributed by atoms with van der Waals surface area (Å²) in [6.07, 6.45) is 0.140. The summed E-state index contributed by atoms with van der Waals surface area (Å²) in [6.45, 7) is -0.987. The molecule has 5 heterocycles. The van der Waals surface area contributed by atoms with Crippen LogP contribution in [-0.2, 0) is 36.4 Å². The molecule has 0 aliphatic carbocycles. The number of likely N-dealkylation sites (tertiary alicyclic amines) is 2. The monoisotopic (exact) mass is 799 g/mol. The number of amides is 4. The number of carbonyl (C=O) groups excluding carboxylic acids is 4. The fraction of sp³-hybridized carbons (Fsp3) is 0.417. The molecule has 4 saturated heterocycles. The van der Waals surface area contributed by atoms with Crippen LogP contribution in [0.15, 0.2) is 47.3 Å². The van der Waals surface area contributed by atoms with E-state index >= 15 is 13.2 Å². The van der Waals surface area contributed by atoms with E-state index < -0.39 is 88.0 Å². The number of alkyl halides is 2. The van der Waals surface area contributed by atoms with E-state index in [-0.39, 0.29) is 61.3 Å². The number of carbonyl (C=O) groups is 4. The topological polar surface area (TPSA) is 193 Å². The number of phenolic OH excluding ortho intramolecular Hbond substituents is 1. The molecule has 56 heavy (non-hydrogen) atoms. The number of aromatic nitrogens is 2. The molecule has 1 aromatic heterocycles. The number of hydrogen-bond acceptors (Lipinski definition) is 10. The van der Waals surface area contributed by atoms with Crippen molar-refractivity contribution < 1.29 is 50.6 Å². The van der Waals surface area contributed by atoms with Crippen molar-refractivity contribution in [2.45, 2.75) is 49.7 Å². The molecule has 0 bridgehead atoms. The number of phenols is 1. The fourth-order valence-electron chi connectivity index (χ4n) is 8.18. The largest absolute Gasteiger partial charge is 0.506 e. The van der Waals surface area contributed by atoms with Crippen molar-refractivity contribution in [1.82, 2.24) is 29.0 Å². The molecule has 4 aliphatic heterocycles. The van der Waals surface area contributed by atoms with E-state index in [0.717, 1.165) is 0 Å². The van der Waals surface area contributed by atoms with Crippen LogP contribution in [0.4, 0.5) is 18.9 Å². The fourth-order valence-corrected chi connectivity index (χ4v) is 9.34. The lowest BCUT2D eigenvalue weighted by Gasteiger charge is -2.38. The van der Waals surface area contributed by atoms with Crippen LogP contribution in [0.1, 0.15) is 43.2 Å². The SMILES string of the molecule is Cn1c(=O)n(C2CCC(=O)NC2=O)c2ccc(C3CCN(CC(=O)N4CC[C@H](Oc5ccc6cc(O)c(N7CC(=O)NS7(=O)=O)c(F)c6c5)C4)CC3(F)F)cc21. The summed E-state index contributed by atoms with van der Waals surface area (Å²) in [6, 6.07) is 9.20. The van der Waals surface area contributed by atoms with Gasteiger partial charge in [-0.3, -0.25) is 38.5 Å². The lowest BCUT2D eigenvalue weighted by molar-refractivity contribution is -0.136. The Morgan fingerprint density at radius 2 is 1.79 bits per heavy atom. The van der Waals surface area contributed by atoms with E-state index in [0.29, 0.717) is 33.9 Å². The third-order valence-electron chi connectivity index (χ3n) is 10.9. The second kappa shape index (κ2) is 13.5. The Labute approximate surface area is 316 Å². The molecule has 4 aromatic rings. The molecule has 4 aliphatic rings. The number of aromatic hydroxyl groups is 1. The second-order valence-corrected chi connectivity index (χ2v) is 16.2. The summed E-state index contributed by atoms with van der Waals surface area (Å²) >= 11 is 0. The maximum Gasteiger partial charge on any atom is 0.329 e. The van der Waals surface area contributed by atoms with Gasteiger partial charge in [-0.15, -0.1) is 0 Å². The van der Waals surface area contributed by atoms with Gasteiger partial charge in [-0.25, -0.2) is 27.0 Å². The maximum absolute atomic E-state index is 15.8. The molecule has 3 aromatic carbocycles. The smallest absolute Gasteiger partial charge is 0.329 e. The van der Waals surface area contributed by atoms with Crippen molar-refractivity contribution in [3.05, 3.63) is 64.3 Å². The van der Waals surface area contributed by atoms with Crippen molar-refractivity contribution in [1.29, 1.82) is 0 Å². The van der Waals surface area contributed by atoms with E-state index in [4.69, 9.17) is 4.74 Å². The summed E-state index contributed by atoms with van der Waals surface area (Å²) in [5, 5.41) is 12.8. The molecule has 0 saturated carbocycles. The minimum absolute atomic E-state index is 0.0356. The highest BCUT2D eigenvalue weighted by atomic mass is 32.2. The lowest BCUT2D eigenvalue weighted by atomic mass is 9.86. The van der Waals surface area contributed by atoms with Gasteiger partial charge in [0.2, 0.25) is 17.7 Å². The van der Waals surface area contributed by atoms with Crippen LogP contribution in [0, 0.1) is 5.82 Å². The highest BCUT2D eigenvalue weighted by Crippen LogP contribution is 2.42. The summed E-state index contributed by atoms with van der Waals surface area (Å²) in [4.78, 5) is 65.3. The number of hydrogen-bond donors (Lipinski definition) is 3. The maximum atomic E-state index is 15.8. The molecule has 0 radical (unpaired) electrons. The molecule has 2 unspecified atom stereocenters. The first kappa shape index (κ1) is 37.3. The molecule has 20 heteroatoms. The van der Waals surface area contributed by atoms with Gasteiger partial charge in [0.15, 0.2) is 5.82 Å². The van der Waals surface area contributed by atoms with Crippen LogP contribution in [0.5, 0.6) is 11.5 Å². The average Bonchev–Trinajstić information content (AvgIpc) is 3.77. The first-order valence-electron chi connectivity index (χ1n) is 17.9. The number of halogens is 3. The number of ether oxygens (including phenoxy) is 1. The zero-order chi connectivity index (χ0) is 39.8.